The minimum absolute atomic E-state index is 0.0975. The van der Waals surface area contributed by atoms with E-state index in [0.29, 0.717) is 5.69 Å². The zero-order chi connectivity index (χ0) is 9.68. The van der Waals surface area contributed by atoms with Crippen LogP contribution in [0.3, 0.4) is 0 Å². The first-order valence-corrected chi connectivity index (χ1v) is 3.58. The summed E-state index contributed by atoms with van der Waals surface area (Å²) in [7, 11) is 0. The summed E-state index contributed by atoms with van der Waals surface area (Å²) in [4.78, 5) is 0. The Balaban J connectivity index is 2.96. The van der Waals surface area contributed by atoms with E-state index in [2.05, 4.69) is 5.32 Å². The average molecular weight is 175 g/mol. The molecule has 0 bridgehead atoms. The number of hydrogen-bond acceptors (Lipinski definition) is 3. The molecule has 0 spiro atoms. The Morgan fingerprint density at radius 3 is 2.77 bits per heavy atom. The minimum Gasteiger partial charge on any atom is -0.371 e. The molecule has 0 aliphatic carbocycles. The second-order valence-electron chi connectivity index (χ2n) is 2.31. The number of nitriles is 2. The van der Waals surface area contributed by atoms with E-state index < -0.39 is 5.82 Å². The SMILES string of the molecule is N#CCNc1ccc(F)cc1C#N. The smallest absolute Gasteiger partial charge is 0.124 e. The standard InChI is InChI=1S/C9H6FN3/c10-8-1-2-9(13-4-3-11)7(5-8)6-12/h1-2,5,13H,4H2. The van der Waals surface area contributed by atoms with Gasteiger partial charge in [0, 0.05) is 0 Å². The van der Waals surface area contributed by atoms with E-state index >= 15 is 0 Å². The summed E-state index contributed by atoms with van der Waals surface area (Å²) in [5, 5.41) is 19.6. The van der Waals surface area contributed by atoms with Gasteiger partial charge in [0.2, 0.25) is 0 Å². The summed E-state index contributed by atoms with van der Waals surface area (Å²) < 4.78 is 12.6. The molecule has 1 aromatic carbocycles. The molecule has 4 heteroatoms. The van der Waals surface area contributed by atoms with E-state index in [9.17, 15) is 4.39 Å². The molecule has 0 unspecified atom stereocenters. The number of hydrogen-bond donors (Lipinski definition) is 1. The molecule has 1 rings (SSSR count). The second kappa shape index (κ2) is 4.08. The molecule has 0 aromatic heterocycles. The normalized spacial score (nSPS) is 8.54. The lowest BCUT2D eigenvalue weighted by Gasteiger charge is -2.03. The largest absolute Gasteiger partial charge is 0.371 e. The van der Waals surface area contributed by atoms with Crippen molar-refractivity contribution >= 4 is 5.69 Å². The first-order valence-electron chi connectivity index (χ1n) is 3.58. The highest BCUT2D eigenvalue weighted by atomic mass is 19.1. The number of nitrogens with zero attached hydrogens (tertiary/aromatic N) is 2. The van der Waals surface area contributed by atoms with Gasteiger partial charge >= 0.3 is 0 Å². The Bertz CT molecular complexity index is 387. The van der Waals surface area contributed by atoms with Gasteiger partial charge < -0.3 is 5.32 Å². The van der Waals surface area contributed by atoms with Crippen LogP contribution in [-0.2, 0) is 0 Å². The molecular formula is C9H6FN3. The molecule has 0 atom stereocenters. The van der Waals surface area contributed by atoms with Crippen molar-refractivity contribution in [2.75, 3.05) is 11.9 Å². The van der Waals surface area contributed by atoms with Gasteiger partial charge in [0.05, 0.1) is 17.3 Å². The van der Waals surface area contributed by atoms with Crippen LogP contribution in [0.1, 0.15) is 5.56 Å². The third-order valence-corrected chi connectivity index (χ3v) is 1.46. The van der Waals surface area contributed by atoms with E-state index in [1.807, 2.05) is 12.1 Å². The van der Waals surface area contributed by atoms with Crippen molar-refractivity contribution in [3.8, 4) is 12.1 Å². The number of anilines is 1. The monoisotopic (exact) mass is 175 g/mol. The average Bonchev–Trinajstić information content (AvgIpc) is 2.16. The van der Waals surface area contributed by atoms with Gasteiger partial charge in [-0.15, -0.1) is 0 Å². The fraction of sp³-hybridized carbons (Fsp3) is 0.111. The molecule has 1 aromatic rings. The molecule has 0 saturated heterocycles. The van der Waals surface area contributed by atoms with Crippen LogP contribution in [0.5, 0.6) is 0 Å². The number of nitrogens with one attached hydrogen (secondary N) is 1. The van der Waals surface area contributed by atoms with Gasteiger partial charge in [0.1, 0.15) is 18.4 Å². The maximum Gasteiger partial charge on any atom is 0.124 e. The lowest BCUT2D eigenvalue weighted by atomic mass is 10.2. The van der Waals surface area contributed by atoms with Crippen molar-refractivity contribution < 1.29 is 4.39 Å². The van der Waals surface area contributed by atoms with Crippen molar-refractivity contribution in [1.82, 2.24) is 0 Å². The highest BCUT2D eigenvalue weighted by Gasteiger charge is 2.01. The summed E-state index contributed by atoms with van der Waals surface area (Å²) in [6.45, 7) is 0.0975. The van der Waals surface area contributed by atoms with E-state index in [4.69, 9.17) is 10.5 Å². The van der Waals surface area contributed by atoms with E-state index in [0.717, 1.165) is 6.07 Å². The van der Waals surface area contributed by atoms with Crippen LogP contribution in [0.2, 0.25) is 0 Å². The zero-order valence-corrected chi connectivity index (χ0v) is 6.71. The van der Waals surface area contributed by atoms with Gasteiger partial charge in [0.15, 0.2) is 0 Å². The molecule has 0 amide bonds. The van der Waals surface area contributed by atoms with Crippen LogP contribution in [0.4, 0.5) is 10.1 Å². The summed E-state index contributed by atoms with van der Waals surface area (Å²) in [6.07, 6.45) is 0. The van der Waals surface area contributed by atoms with Crippen molar-refractivity contribution in [1.29, 1.82) is 10.5 Å². The molecule has 1 N–H and O–H groups in total. The maximum atomic E-state index is 12.6. The molecule has 0 heterocycles. The fourth-order valence-corrected chi connectivity index (χ4v) is 0.898. The van der Waals surface area contributed by atoms with Crippen LogP contribution in [0, 0.1) is 28.5 Å². The third kappa shape index (κ3) is 2.18. The topological polar surface area (TPSA) is 59.6 Å². The molecular weight excluding hydrogens is 169 g/mol. The third-order valence-electron chi connectivity index (χ3n) is 1.46. The lowest BCUT2D eigenvalue weighted by molar-refractivity contribution is 0.627. The van der Waals surface area contributed by atoms with Crippen LogP contribution in [0.25, 0.3) is 0 Å². The van der Waals surface area contributed by atoms with Crippen LogP contribution < -0.4 is 5.32 Å². The Labute approximate surface area is 75.0 Å². The van der Waals surface area contributed by atoms with Crippen molar-refractivity contribution in [3.05, 3.63) is 29.6 Å². The number of rotatable bonds is 2. The van der Waals surface area contributed by atoms with Gasteiger partial charge in [-0.25, -0.2) is 4.39 Å². The first kappa shape index (κ1) is 9.02. The van der Waals surface area contributed by atoms with Crippen LogP contribution in [-0.4, -0.2) is 6.54 Å². The molecule has 0 saturated carbocycles. The van der Waals surface area contributed by atoms with Gasteiger partial charge in [-0.1, -0.05) is 0 Å². The predicted octanol–water partition coefficient (Wildman–Crippen LogP) is 1.63. The lowest BCUT2D eigenvalue weighted by Crippen LogP contribution is -2.00. The number of benzene rings is 1. The molecule has 0 fully saturated rings. The number of halogens is 1. The van der Waals surface area contributed by atoms with Crippen LogP contribution >= 0.6 is 0 Å². The highest BCUT2D eigenvalue weighted by Crippen LogP contribution is 2.15. The summed E-state index contributed by atoms with van der Waals surface area (Å²) >= 11 is 0. The Hall–Kier alpha value is -2.07. The molecule has 0 aliphatic heterocycles. The molecule has 0 radical (unpaired) electrons. The molecule has 13 heavy (non-hydrogen) atoms. The Kier molecular flexibility index (Phi) is 2.83. The molecule has 3 nitrogen and oxygen atoms in total. The highest BCUT2D eigenvalue weighted by molar-refractivity contribution is 5.57. The predicted molar refractivity (Wildman–Crippen MR) is 45.2 cm³/mol. The van der Waals surface area contributed by atoms with E-state index in [1.165, 1.54) is 12.1 Å². The quantitative estimate of drug-likeness (QED) is 0.695. The summed E-state index contributed by atoms with van der Waals surface area (Å²) in [5.41, 5.74) is 0.681. The van der Waals surface area contributed by atoms with Crippen molar-refractivity contribution in [3.63, 3.8) is 0 Å². The minimum atomic E-state index is -0.459. The van der Waals surface area contributed by atoms with Gasteiger partial charge in [-0.3, -0.25) is 0 Å². The first-order chi connectivity index (χ1) is 6.27. The van der Waals surface area contributed by atoms with E-state index in [1.54, 1.807) is 0 Å². The Morgan fingerprint density at radius 1 is 1.38 bits per heavy atom. The maximum absolute atomic E-state index is 12.6. The van der Waals surface area contributed by atoms with Crippen molar-refractivity contribution in [2.45, 2.75) is 0 Å². The fourth-order valence-electron chi connectivity index (χ4n) is 0.898. The summed E-state index contributed by atoms with van der Waals surface area (Å²) in [5.74, 6) is -0.459. The van der Waals surface area contributed by atoms with Crippen molar-refractivity contribution in [2.24, 2.45) is 0 Å². The summed E-state index contributed by atoms with van der Waals surface area (Å²) in [6, 6.07) is 7.50. The molecule has 0 aliphatic rings. The molecule has 64 valence electrons. The Morgan fingerprint density at radius 2 is 2.15 bits per heavy atom. The van der Waals surface area contributed by atoms with Gasteiger partial charge in [-0.2, -0.15) is 10.5 Å². The van der Waals surface area contributed by atoms with Gasteiger partial charge in [-0.05, 0) is 18.2 Å². The zero-order valence-electron chi connectivity index (χ0n) is 6.71. The van der Waals surface area contributed by atoms with Gasteiger partial charge in [0.25, 0.3) is 0 Å². The van der Waals surface area contributed by atoms with E-state index in [-0.39, 0.29) is 12.1 Å². The second-order valence-corrected chi connectivity index (χ2v) is 2.31. The van der Waals surface area contributed by atoms with Crippen LogP contribution in [0.15, 0.2) is 18.2 Å².